The molecule has 1 saturated heterocycles. The van der Waals surface area contributed by atoms with Gasteiger partial charge in [-0.15, -0.1) is 0 Å². The van der Waals surface area contributed by atoms with E-state index >= 15 is 0 Å². The van der Waals surface area contributed by atoms with Crippen molar-refractivity contribution in [2.24, 2.45) is 5.16 Å². The maximum absolute atomic E-state index is 13.5. The molecule has 1 atom stereocenters. The molecule has 0 amide bonds. The van der Waals surface area contributed by atoms with E-state index in [4.69, 9.17) is 4.84 Å². The smallest absolute Gasteiger partial charge is 0.243 e. The largest absolute Gasteiger partial charge is 0.383 e. The van der Waals surface area contributed by atoms with Crippen LogP contribution in [0.4, 0.5) is 13.2 Å². The summed E-state index contributed by atoms with van der Waals surface area (Å²) < 4.78 is 63.2. The van der Waals surface area contributed by atoms with E-state index in [-0.39, 0.29) is 23.8 Å². The van der Waals surface area contributed by atoms with Crippen molar-refractivity contribution in [3.05, 3.63) is 102 Å². The first-order valence-corrected chi connectivity index (χ1v) is 12.0. The number of hydrogen-bond donors (Lipinski definition) is 0. The Labute approximate surface area is 197 Å². The number of rotatable bonds is 6. The van der Waals surface area contributed by atoms with Crippen LogP contribution in [-0.4, -0.2) is 38.7 Å². The summed E-state index contributed by atoms with van der Waals surface area (Å²) in [6.45, 7) is 0.460. The summed E-state index contributed by atoms with van der Waals surface area (Å²) in [6, 6.07) is 20.5. The Morgan fingerprint density at radius 2 is 1.44 bits per heavy atom. The summed E-state index contributed by atoms with van der Waals surface area (Å²) >= 11 is 0. The van der Waals surface area contributed by atoms with Gasteiger partial charge in [-0.1, -0.05) is 53.7 Å². The monoisotopic (exact) mass is 490 g/mol. The van der Waals surface area contributed by atoms with E-state index in [2.05, 4.69) is 5.16 Å². The van der Waals surface area contributed by atoms with Crippen molar-refractivity contribution in [2.75, 3.05) is 20.3 Å². The third-order valence-electron chi connectivity index (χ3n) is 5.30. The summed E-state index contributed by atoms with van der Waals surface area (Å²) in [5.41, 5.74) is 2.36. The second kappa shape index (κ2) is 11.8. The van der Waals surface area contributed by atoms with E-state index < -0.39 is 21.9 Å². The Hall–Kier alpha value is -3.17. The van der Waals surface area contributed by atoms with Gasteiger partial charge in [0.2, 0.25) is 10.0 Å². The van der Waals surface area contributed by atoms with Crippen LogP contribution in [0.3, 0.4) is 0 Å². The lowest BCUT2D eigenvalue weighted by Crippen LogP contribution is -2.38. The van der Waals surface area contributed by atoms with E-state index in [0.717, 1.165) is 22.9 Å². The number of sulfonamides is 1. The number of oxime groups is 1. The van der Waals surface area contributed by atoms with Gasteiger partial charge in [0, 0.05) is 25.9 Å². The molecule has 0 aromatic heterocycles. The SMILES string of the molecule is CF.O=S(=O)(c1cccc(F)c1)N1CCC(=NOC(c2ccccc2)c2ccc(F)cc2)CC1. The van der Waals surface area contributed by atoms with Crippen LogP contribution in [0.1, 0.15) is 30.1 Å². The van der Waals surface area contributed by atoms with E-state index in [1.165, 1.54) is 34.6 Å². The zero-order valence-corrected chi connectivity index (χ0v) is 19.4. The first kappa shape index (κ1) is 25.5. The van der Waals surface area contributed by atoms with Gasteiger partial charge in [0.25, 0.3) is 0 Å². The van der Waals surface area contributed by atoms with Gasteiger partial charge in [-0.25, -0.2) is 17.2 Å². The molecule has 1 fully saturated rings. The van der Waals surface area contributed by atoms with Crippen LogP contribution in [0.2, 0.25) is 0 Å². The zero-order valence-electron chi connectivity index (χ0n) is 18.6. The molecule has 3 aromatic rings. The zero-order chi connectivity index (χ0) is 24.6. The third kappa shape index (κ3) is 6.24. The van der Waals surface area contributed by atoms with Gasteiger partial charge in [-0.3, -0.25) is 4.39 Å². The molecule has 1 heterocycles. The van der Waals surface area contributed by atoms with Crippen molar-refractivity contribution in [1.82, 2.24) is 4.31 Å². The fraction of sp³-hybridized carbons (Fsp3) is 0.240. The molecule has 180 valence electrons. The maximum Gasteiger partial charge on any atom is 0.243 e. The third-order valence-corrected chi connectivity index (χ3v) is 7.19. The standard InChI is InChI=1S/C24H22F2N2O3S.CH3F/c25-20-11-9-19(10-12-20)24(18-5-2-1-3-6-18)31-27-22-13-15-28(16-14-22)32(29,30)23-8-4-7-21(26)17-23;1-2/h1-12,17,24H,13-16H2;1H3. The van der Waals surface area contributed by atoms with Gasteiger partial charge < -0.3 is 4.84 Å². The molecule has 0 N–H and O–H groups in total. The van der Waals surface area contributed by atoms with Crippen molar-refractivity contribution in [3.63, 3.8) is 0 Å². The van der Waals surface area contributed by atoms with Crippen LogP contribution in [-0.2, 0) is 14.9 Å². The van der Waals surface area contributed by atoms with Crippen LogP contribution < -0.4 is 0 Å². The number of halogens is 3. The molecular formula is C25H25F3N2O3S. The number of hydrogen-bond acceptors (Lipinski definition) is 4. The lowest BCUT2D eigenvalue weighted by molar-refractivity contribution is 0.0856. The summed E-state index contributed by atoms with van der Waals surface area (Å²) in [6.07, 6.45) is 0.289. The predicted molar refractivity (Wildman–Crippen MR) is 125 cm³/mol. The normalized spacial score (nSPS) is 15.1. The van der Waals surface area contributed by atoms with Crippen molar-refractivity contribution in [3.8, 4) is 0 Å². The quantitative estimate of drug-likeness (QED) is 0.429. The Bertz CT molecular complexity index is 1190. The average Bonchev–Trinajstić information content (AvgIpc) is 2.87. The fourth-order valence-electron chi connectivity index (χ4n) is 3.56. The summed E-state index contributed by atoms with van der Waals surface area (Å²) in [5.74, 6) is -0.926. The van der Waals surface area contributed by atoms with E-state index in [0.29, 0.717) is 20.0 Å². The molecule has 0 saturated carbocycles. The van der Waals surface area contributed by atoms with Crippen molar-refractivity contribution < 1.29 is 26.4 Å². The molecule has 4 rings (SSSR count). The minimum atomic E-state index is -3.77. The summed E-state index contributed by atoms with van der Waals surface area (Å²) in [4.78, 5) is 5.80. The molecule has 0 radical (unpaired) electrons. The van der Waals surface area contributed by atoms with Crippen molar-refractivity contribution in [1.29, 1.82) is 0 Å². The highest BCUT2D eigenvalue weighted by molar-refractivity contribution is 7.89. The van der Waals surface area contributed by atoms with Gasteiger partial charge in [0.15, 0.2) is 6.10 Å². The lowest BCUT2D eigenvalue weighted by Gasteiger charge is -2.27. The molecule has 0 aliphatic carbocycles. The second-order valence-electron chi connectivity index (χ2n) is 7.47. The van der Waals surface area contributed by atoms with Crippen LogP contribution in [0.15, 0.2) is 88.9 Å². The minimum Gasteiger partial charge on any atom is -0.383 e. The van der Waals surface area contributed by atoms with Gasteiger partial charge >= 0.3 is 0 Å². The van der Waals surface area contributed by atoms with Gasteiger partial charge in [-0.2, -0.15) is 4.31 Å². The molecule has 0 bridgehead atoms. The van der Waals surface area contributed by atoms with E-state index in [9.17, 15) is 21.6 Å². The maximum atomic E-state index is 13.5. The van der Waals surface area contributed by atoms with Crippen LogP contribution in [0.5, 0.6) is 0 Å². The highest BCUT2D eigenvalue weighted by Gasteiger charge is 2.28. The Kier molecular flexibility index (Phi) is 8.84. The molecule has 0 spiro atoms. The Balaban J connectivity index is 0.00000158. The summed E-state index contributed by atoms with van der Waals surface area (Å²) in [5, 5.41) is 4.30. The number of alkyl halides is 1. The van der Waals surface area contributed by atoms with Gasteiger partial charge in [0.05, 0.1) is 17.8 Å². The van der Waals surface area contributed by atoms with Crippen LogP contribution in [0.25, 0.3) is 0 Å². The number of benzene rings is 3. The molecule has 1 aliphatic rings. The van der Waals surface area contributed by atoms with E-state index in [1.54, 1.807) is 12.1 Å². The number of piperidine rings is 1. The molecular weight excluding hydrogens is 465 g/mol. The molecule has 1 aliphatic heterocycles. The topological polar surface area (TPSA) is 59.0 Å². The number of nitrogens with zero attached hydrogens (tertiary/aromatic N) is 2. The van der Waals surface area contributed by atoms with Gasteiger partial charge in [-0.05, 0) is 41.5 Å². The highest BCUT2D eigenvalue weighted by atomic mass is 32.2. The molecule has 3 aromatic carbocycles. The molecule has 5 nitrogen and oxygen atoms in total. The van der Waals surface area contributed by atoms with E-state index in [1.807, 2.05) is 30.3 Å². The molecule has 1 unspecified atom stereocenters. The average molecular weight is 491 g/mol. The Morgan fingerprint density at radius 1 is 0.824 bits per heavy atom. The fourth-order valence-corrected chi connectivity index (χ4v) is 5.03. The Morgan fingerprint density at radius 3 is 2.06 bits per heavy atom. The van der Waals surface area contributed by atoms with Gasteiger partial charge in [0.1, 0.15) is 11.6 Å². The van der Waals surface area contributed by atoms with Crippen molar-refractivity contribution >= 4 is 15.7 Å². The molecule has 9 heteroatoms. The molecule has 34 heavy (non-hydrogen) atoms. The summed E-state index contributed by atoms with van der Waals surface area (Å²) in [7, 11) is -3.27. The van der Waals surface area contributed by atoms with Crippen LogP contribution in [0, 0.1) is 11.6 Å². The first-order chi connectivity index (χ1) is 16.4. The highest BCUT2D eigenvalue weighted by Crippen LogP contribution is 2.27. The minimum absolute atomic E-state index is 0.0606. The second-order valence-corrected chi connectivity index (χ2v) is 9.40. The lowest BCUT2D eigenvalue weighted by atomic mass is 10.0. The predicted octanol–water partition coefficient (Wildman–Crippen LogP) is 5.50. The van der Waals surface area contributed by atoms with Crippen molar-refractivity contribution in [2.45, 2.75) is 23.8 Å². The first-order valence-electron chi connectivity index (χ1n) is 10.6. The van der Waals surface area contributed by atoms with Crippen LogP contribution >= 0.6 is 0 Å².